The number of benzene rings is 2. The van der Waals surface area contributed by atoms with Crippen LogP contribution in [0.5, 0.6) is 5.75 Å². The Labute approximate surface area is 215 Å². The number of aromatic nitrogens is 2. The Hall–Kier alpha value is -3.12. The van der Waals surface area contributed by atoms with Crippen molar-refractivity contribution in [2.75, 3.05) is 33.3 Å². The van der Waals surface area contributed by atoms with Gasteiger partial charge in [-0.05, 0) is 77.2 Å². The molecule has 3 aromatic rings. The Morgan fingerprint density at radius 1 is 1.00 bits per heavy atom. The first-order chi connectivity index (χ1) is 17.4. The lowest BCUT2D eigenvalue weighted by atomic mass is 9.91. The van der Waals surface area contributed by atoms with E-state index >= 15 is 0 Å². The molecule has 0 fully saturated rings. The summed E-state index contributed by atoms with van der Waals surface area (Å²) in [5, 5.41) is 4.50. The fraction of sp³-hybridized carbons (Fsp3) is 0.467. The van der Waals surface area contributed by atoms with Crippen LogP contribution in [-0.2, 0) is 17.9 Å². The van der Waals surface area contributed by atoms with Crippen LogP contribution in [0.3, 0.4) is 0 Å². The van der Waals surface area contributed by atoms with Crippen LogP contribution in [0.4, 0.5) is 0 Å². The van der Waals surface area contributed by atoms with Gasteiger partial charge in [-0.15, -0.1) is 0 Å². The fourth-order valence-electron chi connectivity index (χ4n) is 5.14. The standard InChI is InChI=1S/C30H40N4O2/c1-23-12-13-29-28(19-23)21-32(4)16-14-27(26-9-6-5-7-10-26)11-8-15-33(17-18-36-29)30(35)22-34-25(3)20-24(2)31-34/h5-7,9-10,12-13,19-20,27H,8,11,14-18,21-22H2,1-4H3. The third-order valence-electron chi connectivity index (χ3n) is 7.13. The largest absolute Gasteiger partial charge is 0.491 e. The highest BCUT2D eigenvalue weighted by atomic mass is 16.5. The predicted molar refractivity (Wildman–Crippen MR) is 144 cm³/mol. The molecule has 0 saturated heterocycles. The summed E-state index contributed by atoms with van der Waals surface area (Å²) in [7, 11) is 2.19. The van der Waals surface area contributed by atoms with Crippen LogP contribution in [-0.4, -0.2) is 58.8 Å². The lowest BCUT2D eigenvalue weighted by Crippen LogP contribution is -2.38. The summed E-state index contributed by atoms with van der Waals surface area (Å²) in [6.07, 6.45) is 3.10. The molecule has 0 radical (unpaired) electrons. The number of aryl methyl sites for hydroxylation is 3. The van der Waals surface area contributed by atoms with E-state index in [1.807, 2.05) is 29.5 Å². The Morgan fingerprint density at radius 3 is 2.56 bits per heavy atom. The maximum absolute atomic E-state index is 13.4. The zero-order chi connectivity index (χ0) is 25.5. The van der Waals surface area contributed by atoms with Crippen LogP contribution in [0.1, 0.15) is 53.3 Å². The molecule has 1 aliphatic rings. The van der Waals surface area contributed by atoms with Crippen LogP contribution >= 0.6 is 0 Å². The number of hydrogen-bond donors (Lipinski definition) is 0. The molecule has 36 heavy (non-hydrogen) atoms. The van der Waals surface area contributed by atoms with Crippen LogP contribution < -0.4 is 4.74 Å². The van der Waals surface area contributed by atoms with Crippen LogP contribution in [0, 0.1) is 20.8 Å². The van der Waals surface area contributed by atoms with Crippen molar-refractivity contribution >= 4 is 5.91 Å². The summed E-state index contributed by atoms with van der Waals surface area (Å²) < 4.78 is 8.05. The molecule has 0 saturated carbocycles. The van der Waals surface area contributed by atoms with Crippen molar-refractivity contribution in [3.05, 3.63) is 82.7 Å². The highest BCUT2D eigenvalue weighted by molar-refractivity contribution is 5.76. The van der Waals surface area contributed by atoms with Crippen molar-refractivity contribution < 1.29 is 9.53 Å². The second-order valence-corrected chi connectivity index (χ2v) is 10.2. The number of ether oxygens (including phenoxy) is 1. The lowest BCUT2D eigenvalue weighted by Gasteiger charge is -2.27. The molecule has 1 atom stereocenters. The third-order valence-corrected chi connectivity index (χ3v) is 7.13. The molecule has 0 N–H and O–H groups in total. The van der Waals surface area contributed by atoms with E-state index in [9.17, 15) is 4.79 Å². The molecular formula is C30H40N4O2. The molecule has 2 aromatic carbocycles. The maximum Gasteiger partial charge on any atom is 0.244 e. The van der Waals surface area contributed by atoms with Gasteiger partial charge in [0.15, 0.2) is 0 Å². The van der Waals surface area contributed by atoms with E-state index in [-0.39, 0.29) is 12.5 Å². The molecule has 0 spiro atoms. The second-order valence-electron chi connectivity index (χ2n) is 10.2. The molecule has 6 heteroatoms. The predicted octanol–water partition coefficient (Wildman–Crippen LogP) is 5.12. The molecule has 1 unspecified atom stereocenters. The molecule has 1 amide bonds. The summed E-state index contributed by atoms with van der Waals surface area (Å²) in [5.74, 6) is 1.48. The van der Waals surface area contributed by atoms with Gasteiger partial charge in [-0.3, -0.25) is 9.48 Å². The van der Waals surface area contributed by atoms with Crippen LogP contribution in [0.2, 0.25) is 0 Å². The average Bonchev–Trinajstić information content (AvgIpc) is 3.17. The second kappa shape index (κ2) is 12.2. The smallest absolute Gasteiger partial charge is 0.244 e. The van der Waals surface area contributed by atoms with Gasteiger partial charge in [-0.25, -0.2) is 0 Å². The quantitative estimate of drug-likeness (QED) is 0.514. The van der Waals surface area contributed by atoms with Gasteiger partial charge in [-0.1, -0.05) is 48.0 Å². The van der Waals surface area contributed by atoms with Gasteiger partial charge in [0.1, 0.15) is 18.9 Å². The van der Waals surface area contributed by atoms with Gasteiger partial charge >= 0.3 is 0 Å². The Morgan fingerprint density at radius 2 is 1.81 bits per heavy atom. The molecule has 2 heterocycles. The highest BCUT2D eigenvalue weighted by Crippen LogP contribution is 2.27. The van der Waals surface area contributed by atoms with E-state index in [1.165, 1.54) is 16.7 Å². The molecule has 0 aliphatic carbocycles. The monoisotopic (exact) mass is 488 g/mol. The summed E-state index contributed by atoms with van der Waals surface area (Å²) in [4.78, 5) is 17.7. The van der Waals surface area contributed by atoms with E-state index in [2.05, 4.69) is 72.5 Å². The minimum atomic E-state index is 0.0945. The number of rotatable bonds is 3. The number of carbonyl (C=O) groups is 1. The summed E-state index contributed by atoms with van der Waals surface area (Å²) in [5.41, 5.74) is 5.77. The third kappa shape index (κ3) is 6.97. The Bertz CT molecular complexity index is 1140. The molecule has 4 rings (SSSR count). The van der Waals surface area contributed by atoms with Crippen LogP contribution in [0.15, 0.2) is 54.6 Å². The fourth-order valence-corrected chi connectivity index (χ4v) is 5.14. The van der Waals surface area contributed by atoms with E-state index in [1.54, 1.807) is 0 Å². The Kier molecular flexibility index (Phi) is 8.81. The first kappa shape index (κ1) is 26.0. The summed E-state index contributed by atoms with van der Waals surface area (Å²) >= 11 is 0. The van der Waals surface area contributed by atoms with Crippen molar-refractivity contribution in [2.45, 2.75) is 59.0 Å². The SMILES string of the molecule is Cc1ccc2c(c1)CN(C)CCC(c1ccccc1)CCCN(C(=O)Cn1nc(C)cc1C)CCO2. The molecule has 1 aromatic heterocycles. The minimum absolute atomic E-state index is 0.0945. The number of hydrogen-bond acceptors (Lipinski definition) is 4. The van der Waals surface area contributed by atoms with Crippen molar-refractivity contribution in [1.82, 2.24) is 19.6 Å². The van der Waals surface area contributed by atoms with Crippen molar-refractivity contribution in [1.29, 1.82) is 0 Å². The zero-order valence-corrected chi connectivity index (χ0v) is 22.2. The van der Waals surface area contributed by atoms with Crippen LogP contribution in [0.25, 0.3) is 0 Å². The Balaban J connectivity index is 1.54. The van der Waals surface area contributed by atoms with Crippen molar-refractivity contribution in [2.24, 2.45) is 0 Å². The van der Waals surface area contributed by atoms with Crippen molar-refractivity contribution in [3.8, 4) is 5.75 Å². The first-order valence-electron chi connectivity index (χ1n) is 13.1. The summed E-state index contributed by atoms with van der Waals surface area (Å²) in [6, 6.07) is 19.2. The van der Waals surface area contributed by atoms with Crippen molar-refractivity contribution in [3.63, 3.8) is 0 Å². The normalized spacial score (nSPS) is 18.2. The highest BCUT2D eigenvalue weighted by Gasteiger charge is 2.19. The first-order valence-corrected chi connectivity index (χ1v) is 13.1. The number of carbonyl (C=O) groups excluding carboxylic acids is 1. The average molecular weight is 489 g/mol. The van der Waals surface area contributed by atoms with Gasteiger partial charge in [0.2, 0.25) is 5.91 Å². The lowest BCUT2D eigenvalue weighted by molar-refractivity contribution is -0.132. The molecule has 6 nitrogen and oxygen atoms in total. The van der Waals surface area contributed by atoms with E-state index in [4.69, 9.17) is 4.74 Å². The van der Waals surface area contributed by atoms with Gasteiger partial charge in [-0.2, -0.15) is 5.10 Å². The summed E-state index contributed by atoms with van der Waals surface area (Å²) in [6.45, 7) is 9.97. The zero-order valence-electron chi connectivity index (χ0n) is 22.2. The van der Waals surface area contributed by atoms with Gasteiger partial charge in [0, 0.05) is 24.3 Å². The molecule has 192 valence electrons. The minimum Gasteiger partial charge on any atom is -0.491 e. The van der Waals surface area contributed by atoms with E-state index in [0.29, 0.717) is 19.1 Å². The van der Waals surface area contributed by atoms with E-state index < -0.39 is 0 Å². The van der Waals surface area contributed by atoms with Gasteiger partial charge in [0.25, 0.3) is 0 Å². The molecular weight excluding hydrogens is 448 g/mol. The number of fused-ring (bicyclic) bond motifs is 1. The topological polar surface area (TPSA) is 50.6 Å². The maximum atomic E-state index is 13.4. The van der Waals surface area contributed by atoms with Gasteiger partial charge < -0.3 is 14.5 Å². The number of amides is 1. The molecule has 1 aliphatic heterocycles. The number of nitrogens with zero attached hydrogens (tertiary/aromatic N) is 4. The van der Waals surface area contributed by atoms with E-state index in [0.717, 1.165) is 56.0 Å². The molecule has 0 bridgehead atoms. The van der Waals surface area contributed by atoms with Gasteiger partial charge in [0.05, 0.1) is 12.2 Å².